The van der Waals surface area contributed by atoms with Gasteiger partial charge in [0.05, 0.1) is 6.61 Å². The SMILES string of the molecule is C=C1NC2=C(C(=O)CC(C)(C)C2)C(c2cccc(OCC)c2)C1C(=O)OCc1ccccc1. The molecule has 1 N–H and O–H groups in total. The number of Topliss-reactive ketones (excluding diaryl/α,β-unsaturated/α-hetero) is 1. The Morgan fingerprint density at radius 1 is 1.12 bits per heavy atom. The van der Waals surface area contributed by atoms with Gasteiger partial charge in [0.25, 0.3) is 0 Å². The number of carbonyl (C=O) groups is 2. The fraction of sp³-hybridized carbons (Fsp3) is 0.357. The molecule has 2 unspecified atom stereocenters. The fourth-order valence-electron chi connectivity index (χ4n) is 4.87. The van der Waals surface area contributed by atoms with E-state index in [0.29, 0.717) is 30.0 Å². The van der Waals surface area contributed by atoms with Crippen molar-refractivity contribution in [2.75, 3.05) is 6.61 Å². The first-order chi connectivity index (χ1) is 15.8. The average molecular weight is 446 g/mol. The molecule has 2 aromatic rings. The summed E-state index contributed by atoms with van der Waals surface area (Å²) >= 11 is 0. The molecular weight excluding hydrogens is 414 g/mol. The average Bonchev–Trinajstić information content (AvgIpc) is 2.77. The summed E-state index contributed by atoms with van der Waals surface area (Å²) in [6.45, 7) is 11.0. The van der Waals surface area contributed by atoms with E-state index in [1.165, 1.54) is 0 Å². The number of allylic oxidation sites excluding steroid dienone is 2. The molecule has 0 bridgehead atoms. The molecule has 4 rings (SSSR count). The van der Waals surface area contributed by atoms with Crippen molar-refractivity contribution < 1.29 is 19.1 Å². The van der Waals surface area contributed by atoms with Gasteiger partial charge in [0, 0.05) is 29.3 Å². The minimum absolute atomic E-state index is 0.0638. The molecular formula is C28H31NO4. The number of ketones is 1. The summed E-state index contributed by atoms with van der Waals surface area (Å²) < 4.78 is 11.4. The molecule has 1 aliphatic carbocycles. The summed E-state index contributed by atoms with van der Waals surface area (Å²) in [5.74, 6) is -0.807. The third-order valence-corrected chi connectivity index (χ3v) is 6.26. The lowest BCUT2D eigenvalue weighted by molar-refractivity contribution is -0.149. The Kier molecular flexibility index (Phi) is 6.41. The fourth-order valence-corrected chi connectivity index (χ4v) is 4.87. The second-order valence-electron chi connectivity index (χ2n) is 9.54. The summed E-state index contributed by atoms with van der Waals surface area (Å²) in [5.41, 5.74) is 3.69. The topological polar surface area (TPSA) is 64.6 Å². The highest BCUT2D eigenvalue weighted by Crippen LogP contribution is 2.48. The zero-order valence-corrected chi connectivity index (χ0v) is 19.5. The first kappa shape index (κ1) is 22.8. The van der Waals surface area contributed by atoms with Crippen molar-refractivity contribution in [3.8, 4) is 5.75 Å². The van der Waals surface area contributed by atoms with Crippen LogP contribution in [0.2, 0.25) is 0 Å². The Balaban J connectivity index is 1.74. The Bertz CT molecular complexity index is 1100. The Hall–Kier alpha value is -3.34. The van der Waals surface area contributed by atoms with Gasteiger partial charge in [-0.25, -0.2) is 0 Å². The highest BCUT2D eigenvalue weighted by molar-refractivity contribution is 6.00. The van der Waals surface area contributed by atoms with Crippen LogP contribution in [0.4, 0.5) is 0 Å². The highest BCUT2D eigenvalue weighted by atomic mass is 16.5. The van der Waals surface area contributed by atoms with E-state index in [4.69, 9.17) is 9.47 Å². The van der Waals surface area contributed by atoms with Gasteiger partial charge < -0.3 is 14.8 Å². The lowest BCUT2D eigenvalue weighted by Gasteiger charge is -2.42. The maximum absolute atomic E-state index is 13.4. The lowest BCUT2D eigenvalue weighted by Crippen LogP contribution is -2.43. The van der Waals surface area contributed by atoms with Crippen molar-refractivity contribution >= 4 is 11.8 Å². The molecule has 2 atom stereocenters. The van der Waals surface area contributed by atoms with Crippen molar-refractivity contribution in [2.45, 2.75) is 46.1 Å². The first-order valence-electron chi connectivity index (χ1n) is 11.4. The number of hydrogen-bond donors (Lipinski definition) is 1. The quantitative estimate of drug-likeness (QED) is 0.612. The molecule has 0 amide bonds. The molecule has 1 heterocycles. The minimum atomic E-state index is -0.713. The summed E-state index contributed by atoms with van der Waals surface area (Å²) in [4.78, 5) is 26.8. The van der Waals surface area contributed by atoms with E-state index < -0.39 is 17.8 Å². The highest BCUT2D eigenvalue weighted by Gasteiger charge is 2.46. The number of esters is 1. The van der Waals surface area contributed by atoms with Crippen LogP contribution in [0.3, 0.4) is 0 Å². The van der Waals surface area contributed by atoms with E-state index in [9.17, 15) is 9.59 Å². The van der Waals surface area contributed by atoms with Crippen molar-refractivity contribution in [1.82, 2.24) is 5.32 Å². The third kappa shape index (κ3) is 4.87. The predicted molar refractivity (Wildman–Crippen MR) is 127 cm³/mol. The van der Waals surface area contributed by atoms with Crippen molar-refractivity contribution in [3.05, 3.63) is 89.3 Å². The van der Waals surface area contributed by atoms with Crippen LogP contribution in [0.25, 0.3) is 0 Å². The molecule has 0 aromatic heterocycles. The minimum Gasteiger partial charge on any atom is -0.494 e. The van der Waals surface area contributed by atoms with Crippen LogP contribution < -0.4 is 10.1 Å². The number of ether oxygens (including phenoxy) is 2. The number of carbonyl (C=O) groups excluding carboxylic acids is 2. The zero-order chi connectivity index (χ0) is 23.6. The van der Waals surface area contributed by atoms with Crippen molar-refractivity contribution in [2.24, 2.45) is 11.3 Å². The van der Waals surface area contributed by atoms with Crippen LogP contribution in [-0.4, -0.2) is 18.4 Å². The summed E-state index contributed by atoms with van der Waals surface area (Å²) in [7, 11) is 0. The molecule has 1 aliphatic heterocycles. The molecule has 2 aliphatic rings. The molecule has 0 radical (unpaired) electrons. The number of rotatable bonds is 6. The molecule has 0 spiro atoms. The Labute approximate surface area is 195 Å². The van der Waals surface area contributed by atoms with Crippen LogP contribution in [0, 0.1) is 11.3 Å². The second-order valence-corrected chi connectivity index (χ2v) is 9.54. The van der Waals surface area contributed by atoms with Gasteiger partial charge in [0.1, 0.15) is 18.3 Å². The van der Waals surface area contributed by atoms with E-state index in [-0.39, 0.29) is 17.8 Å². The largest absolute Gasteiger partial charge is 0.494 e. The molecule has 33 heavy (non-hydrogen) atoms. The van der Waals surface area contributed by atoms with E-state index in [2.05, 4.69) is 25.7 Å². The Morgan fingerprint density at radius 3 is 2.61 bits per heavy atom. The number of benzene rings is 2. The van der Waals surface area contributed by atoms with E-state index in [1.807, 2.05) is 61.5 Å². The van der Waals surface area contributed by atoms with Gasteiger partial charge in [-0.15, -0.1) is 0 Å². The molecule has 2 aromatic carbocycles. The maximum atomic E-state index is 13.4. The Morgan fingerprint density at radius 2 is 1.88 bits per heavy atom. The molecule has 0 saturated heterocycles. The lowest BCUT2D eigenvalue weighted by atomic mass is 9.66. The molecule has 5 heteroatoms. The number of nitrogens with one attached hydrogen (secondary N) is 1. The number of hydrogen-bond acceptors (Lipinski definition) is 5. The van der Waals surface area contributed by atoms with E-state index >= 15 is 0 Å². The van der Waals surface area contributed by atoms with Gasteiger partial charge in [-0.1, -0.05) is 62.9 Å². The van der Waals surface area contributed by atoms with Gasteiger partial charge in [-0.05, 0) is 42.0 Å². The molecule has 0 fully saturated rings. The van der Waals surface area contributed by atoms with Gasteiger partial charge >= 0.3 is 5.97 Å². The zero-order valence-electron chi connectivity index (χ0n) is 19.5. The predicted octanol–water partition coefficient (Wildman–Crippen LogP) is 5.29. The molecule has 0 saturated carbocycles. The second kappa shape index (κ2) is 9.26. The van der Waals surface area contributed by atoms with Crippen LogP contribution in [-0.2, 0) is 20.9 Å². The van der Waals surface area contributed by atoms with Gasteiger partial charge in [0.15, 0.2) is 5.78 Å². The maximum Gasteiger partial charge on any atom is 0.316 e. The van der Waals surface area contributed by atoms with E-state index in [1.54, 1.807) is 0 Å². The third-order valence-electron chi connectivity index (χ3n) is 6.26. The standard InChI is InChI=1S/C28H31NO4/c1-5-32-21-13-9-12-20(14-21)25-24(27(31)33-17-19-10-7-6-8-11-19)18(2)29-22-15-28(3,4)16-23(30)26(22)25/h6-14,24-25,29H,2,5,15-17H2,1,3-4H3. The van der Waals surface area contributed by atoms with Crippen molar-refractivity contribution in [1.29, 1.82) is 0 Å². The monoisotopic (exact) mass is 445 g/mol. The summed E-state index contributed by atoms with van der Waals surface area (Å²) in [6.07, 6.45) is 1.16. The van der Waals surface area contributed by atoms with Crippen molar-refractivity contribution in [3.63, 3.8) is 0 Å². The van der Waals surface area contributed by atoms with Crippen LogP contribution in [0.5, 0.6) is 5.75 Å². The van der Waals surface area contributed by atoms with Gasteiger partial charge in [0.2, 0.25) is 0 Å². The molecule has 172 valence electrons. The first-order valence-corrected chi connectivity index (χ1v) is 11.4. The molecule has 5 nitrogen and oxygen atoms in total. The van der Waals surface area contributed by atoms with Crippen LogP contribution in [0.15, 0.2) is 78.1 Å². The van der Waals surface area contributed by atoms with Gasteiger partial charge in [-0.2, -0.15) is 0 Å². The van der Waals surface area contributed by atoms with Gasteiger partial charge in [-0.3, -0.25) is 9.59 Å². The normalized spacial score (nSPS) is 21.8. The van der Waals surface area contributed by atoms with Crippen LogP contribution in [0.1, 0.15) is 50.7 Å². The summed E-state index contributed by atoms with van der Waals surface area (Å²) in [6, 6.07) is 17.2. The van der Waals surface area contributed by atoms with Crippen LogP contribution >= 0.6 is 0 Å². The smallest absolute Gasteiger partial charge is 0.316 e. The van der Waals surface area contributed by atoms with E-state index in [0.717, 1.165) is 23.2 Å². The summed E-state index contributed by atoms with van der Waals surface area (Å²) in [5, 5.41) is 3.31.